The molecule has 1 N–H and O–H groups in total. The summed E-state index contributed by atoms with van der Waals surface area (Å²) in [6, 6.07) is 0. The fourth-order valence-electron chi connectivity index (χ4n) is 1.98. The summed E-state index contributed by atoms with van der Waals surface area (Å²) < 4.78 is 43.1. The first-order valence-electron chi connectivity index (χ1n) is 6.17. The van der Waals surface area contributed by atoms with Crippen LogP contribution in [0, 0.1) is 0 Å². The van der Waals surface area contributed by atoms with E-state index in [2.05, 4.69) is 0 Å². The van der Waals surface area contributed by atoms with Crippen molar-refractivity contribution in [1.82, 2.24) is 0 Å². The maximum Gasteiger partial charge on any atom is 0.303 e. The van der Waals surface area contributed by atoms with Gasteiger partial charge in [0, 0.05) is 18.3 Å². The van der Waals surface area contributed by atoms with E-state index in [4.69, 9.17) is 18.4 Å². The van der Waals surface area contributed by atoms with Gasteiger partial charge in [0.25, 0.3) is 10.1 Å². The minimum Gasteiger partial charge on any atom is -0.455 e. The average Bonchev–Trinajstić information content (AvgIpc) is 2.34. The predicted octanol–water partition coefficient (Wildman–Crippen LogP) is -0.653. The minimum absolute atomic E-state index is 0.250. The molecule has 1 aliphatic rings. The predicted molar refractivity (Wildman–Crippen MR) is 80.6 cm³/mol. The van der Waals surface area contributed by atoms with Crippen molar-refractivity contribution in [3.8, 4) is 0 Å². The van der Waals surface area contributed by atoms with Crippen molar-refractivity contribution in [2.75, 3.05) is 10.7 Å². The lowest BCUT2D eigenvalue weighted by molar-refractivity contribution is -0.279. The van der Waals surface area contributed by atoms with Crippen molar-refractivity contribution >= 4 is 44.6 Å². The third kappa shape index (κ3) is 5.61. The summed E-state index contributed by atoms with van der Waals surface area (Å²) in [5, 5.41) is 9.92. The SMILES string of the molecule is CC(=O)O[C@@H]1[C@@H](OC(C)=O)[C@@H](O)O[C@H](CI)[C@H]1OS(C)(=O)=O. The fraction of sp³-hybridized carbons (Fsp3) is 0.818. The highest BCUT2D eigenvalue weighted by Gasteiger charge is 2.51. The lowest BCUT2D eigenvalue weighted by Crippen LogP contribution is -2.61. The van der Waals surface area contributed by atoms with E-state index in [9.17, 15) is 23.1 Å². The van der Waals surface area contributed by atoms with Gasteiger partial charge in [0.15, 0.2) is 18.5 Å². The highest BCUT2D eigenvalue weighted by atomic mass is 127. The Bertz CT molecular complexity index is 520. The topological polar surface area (TPSA) is 125 Å². The summed E-state index contributed by atoms with van der Waals surface area (Å²) in [5.41, 5.74) is 0. The van der Waals surface area contributed by atoms with Gasteiger partial charge < -0.3 is 19.3 Å². The maximum absolute atomic E-state index is 11.4. The Kier molecular flexibility index (Phi) is 6.98. The number of esters is 2. The summed E-state index contributed by atoms with van der Waals surface area (Å²) in [5.74, 6) is -1.50. The van der Waals surface area contributed by atoms with E-state index in [1.807, 2.05) is 22.6 Å². The van der Waals surface area contributed by atoms with Crippen LogP contribution in [0.15, 0.2) is 0 Å². The number of carbonyl (C=O) groups is 2. The lowest BCUT2D eigenvalue weighted by atomic mass is 9.99. The van der Waals surface area contributed by atoms with E-state index in [-0.39, 0.29) is 4.43 Å². The van der Waals surface area contributed by atoms with E-state index in [1.54, 1.807) is 0 Å². The van der Waals surface area contributed by atoms with Crippen molar-refractivity contribution in [2.24, 2.45) is 0 Å². The standard InChI is InChI=1S/C11H17IO9S/c1-5(13)18-9-8(21-22(3,16)17)7(4-12)20-11(15)10(9)19-6(2)14/h7-11,15H,4H2,1-3H3/t7-,8-,9+,10-,11+/m1/s1. The summed E-state index contributed by atoms with van der Waals surface area (Å²) in [7, 11) is -3.90. The van der Waals surface area contributed by atoms with Gasteiger partial charge in [0.2, 0.25) is 0 Å². The Morgan fingerprint density at radius 1 is 1.14 bits per heavy atom. The highest BCUT2D eigenvalue weighted by Crippen LogP contribution is 2.29. The molecule has 9 nitrogen and oxygen atoms in total. The van der Waals surface area contributed by atoms with Gasteiger partial charge in [0.1, 0.15) is 12.2 Å². The second-order valence-corrected chi connectivity index (χ2v) is 7.11. The van der Waals surface area contributed by atoms with E-state index in [1.165, 1.54) is 0 Å². The van der Waals surface area contributed by atoms with Crippen molar-refractivity contribution in [1.29, 1.82) is 0 Å². The highest BCUT2D eigenvalue weighted by molar-refractivity contribution is 14.1. The Balaban J connectivity index is 3.17. The lowest BCUT2D eigenvalue weighted by Gasteiger charge is -2.42. The zero-order valence-electron chi connectivity index (χ0n) is 12.1. The van der Waals surface area contributed by atoms with E-state index in [0.717, 1.165) is 20.1 Å². The van der Waals surface area contributed by atoms with Crippen LogP contribution in [-0.4, -0.2) is 66.9 Å². The molecular weight excluding hydrogens is 435 g/mol. The molecule has 0 aromatic carbocycles. The normalized spacial score (nSPS) is 32.3. The summed E-state index contributed by atoms with van der Waals surface area (Å²) in [6.07, 6.45) is -5.59. The average molecular weight is 452 g/mol. The molecule has 1 saturated heterocycles. The van der Waals surface area contributed by atoms with Crippen LogP contribution >= 0.6 is 22.6 Å². The van der Waals surface area contributed by atoms with Crippen LogP contribution in [0.3, 0.4) is 0 Å². The third-order valence-corrected chi connectivity index (χ3v) is 4.09. The molecule has 5 atom stereocenters. The first-order chi connectivity index (χ1) is 10.0. The fourth-order valence-corrected chi connectivity index (χ4v) is 3.33. The maximum atomic E-state index is 11.4. The van der Waals surface area contributed by atoms with Crippen LogP contribution in [0.1, 0.15) is 13.8 Å². The Morgan fingerprint density at radius 3 is 2.05 bits per heavy atom. The second kappa shape index (κ2) is 7.86. The molecular formula is C11H17IO9S. The summed E-state index contributed by atoms with van der Waals surface area (Å²) >= 11 is 1.90. The second-order valence-electron chi connectivity index (χ2n) is 4.63. The largest absolute Gasteiger partial charge is 0.455 e. The van der Waals surface area contributed by atoms with E-state index < -0.39 is 52.8 Å². The molecule has 22 heavy (non-hydrogen) atoms. The molecule has 1 fully saturated rings. The molecule has 0 saturated carbocycles. The van der Waals surface area contributed by atoms with Crippen molar-refractivity contribution in [3.05, 3.63) is 0 Å². The van der Waals surface area contributed by atoms with Crippen LogP contribution in [-0.2, 0) is 38.1 Å². The Morgan fingerprint density at radius 2 is 1.64 bits per heavy atom. The van der Waals surface area contributed by atoms with E-state index >= 15 is 0 Å². The monoisotopic (exact) mass is 452 g/mol. The number of alkyl halides is 1. The third-order valence-electron chi connectivity index (χ3n) is 2.65. The first kappa shape index (κ1) is 19.5. The molecule has 1 aliphatic heterocycles. The van der Waals surface area contributed by atoms with Gasteiger partial charge in [-0.05, 0) is 0 Å². The van der Waals surface area contributed by atoms with Gasteiger partial charge in [-0.1, -0.05) is 22.6 Å². The van der Waals surface area contributed by atoms with Gasteiger partial charge in [-0.3, -0.25) is 13.8 Å². The summed E-state index contributed by atoms with van der Waals surface area (Å²) in [6.45, 7) is 2.19. The van der Waals surface area contributed by atoms with Gasteiger partial charge >= 0.3 is 11.9 Å². The molecule has 0 aromatic heterocycles. The molecule has 1 heterocycles. The molecule has 0 spiro atoms. The quantitative estimate of drug-likeness (QED) is 0.251. The number of halogens is 1. The molecule has 0 bridgehead atoms. The van der Waals surface area contributed by atoms with Gasteiger partial charge in [-0.2, -0.15) is 8.42 Å². The van der Waals surface area contributed by atoms with Crippen molar-refractivity contribution in [2.45, 2.75) is 44.6 Å². The molecule has 0 unspecified atom stereocenters. The zero-order chi connectivity index (χ0) is 17.1. The molecule has 0 radical (unpaired) electrons. The van der Waals surface area contributed by atoms with Gasteiger partial charge in [-0.15, -0.1) is 0 Å². The Labute approximate surface area is 141 Å². The van der Waals surface area contributed by atoms with Crippen LogP contribution in [0.5, 0.6) is 0 Å². The molecule has 0 amide bonds. The molecule has 0 aliphatic carbocycles. The number of rotatable bonds is 5. The van der Waals surface area contributed by atoms with Crippen molar-refractivity contribution in [3.63, 3.8) is 0 Å². The summed E-state index contributed by atoms with van der Waals surface area (Å²) in [4.78, 5) is 22.4. The first-order valence-corrected chi connectivity index (χ1v) is 9.51. The van der Waals surface area contributed by atoms with Gasteiger partial charge in [-0.25, -0.2) is 0 Å². The van der Waals surface area contributed by atoms with Crippen LogP contribution in [0.25, 0.3) is 0 Å². The van der Waals surface area contributed by atoms with Crippen molar-refractivity contribution < 1.29 is 41.5 Å². The van der Waals surface area contributed by atoms with Crippen LogP contribution in [0.2, 0.25) is 0 Å². The minimum atomic E-state index is -3.90. The zero-order valence-corrected chi connectivity index (χ0v) is 15.1. The number of aliphatic hydroxyl groups is 1. The molecule has 11 heteroatoms. The van der Waals surface area contributed by atoms with E-state index in [0.29, 0.717) is 0 Å². The number of hydrogen-bond acceptors (Lipinski definition) is 9. The van der Waals surface area contributed by atoms with Gasteiger partial charge in [0.05, 0.1) is 6.26 Å². The van der Waals surface area contributed by atoms with Crippen LogP contribution in [0.4, 0.5) is 0 Å². The Hall–Kier alpha value is -0.500. The number of aliphatic hydroxyl groups excluding tert-OH is 1. The number of ether oxygens (including phenoxy) is 3. The molecule has 0 aromatic rings. The smallest absolute Gasteiger partial charge is 0.303 e. The number of hydrogen-bond donors (Lipinski definition) is 1. The van der Waals surface area contributed by atoms with Crippen LogP contribution < -0.4 is 0 Å². The molecule has 128 valence electrons. The number of carbonyl (C=O) groups excluding carboxylic acids is 2. The molecule has 1 rings (SSSR count).